The van der Waals surface area contributed by atoms with Crippen LogP contribution in [0, 0.1) is 0 Å². The van der Waals surface area contributed by atoms with Crippen molar-refractivity contribution in [2.24, 2.45) is 10.7 Å². The van der Waals surface area contributed by atoms with E-state index in [0.717, 1.165) is 42.5 Å². The van der Waals surface area contributed by atoms with Crippen LogP contribution < -0.4 is 15.5 Å². The van der Waals surface area contributed by atoms with Gasteiger partial charge in [-0.25, -0.2) is 0 Å². The summed E-state index contributed by atoms with van der Waals surface area (Å²) in [6.07, 6.45) is 5.83. The molecule has 1 atom stereocenters. The van der Waals surface area contributed by atoms with E-state index >= 15 is 0 Å². The normalized spacial score (nSPS) is 16.8. The van der Waals surface area contributed by atoms with Crippen molar-refractivity contribution in [2.45, 2.75) is 65.5 Å². The fraction of sp³-hybridized carbons (Fsp3) is 0.400. The lowest BCUT2D eigenvalue weighted by molar-refractivity contribution is -0.127. The van der Waals surface area contributed by atoms with Crippen molar-refractivity contribution < 1.29 is 19.5 Å². The first kappa shape index (κ1) is 36.3. The Morgan fingerprint density at radius 3 is 2.26 bits per heavy atom. The Morgan fingerprint density at radius 2 is 1.60 bits per heavy atom. The maximum absolute atomic E-state index is 14.5. The Labute approximate surface area is 295 Å². The van der Waals surface area contributed by atoms with Crippen molar-refractivity contribution in [3.8, 4) is 0 Å². The van der Waals surface area contributed by atoms with Crippen LogP contribution in [-0.2, 0) is 22.6 Å². The second-order valence-corrected chi connectivity index (χ2v) is 13.1. The summed E-state index contributed by atoms with van der Waals surface area (Å²) in [5.41, 5.74) is 11.3. The van der Waals surface area contributed by atoms with Gasteiger partial charge in [-0.15, -0.1) is 0 Å². The van der Waals surface area contributed by atoms with Crippen LogP contribution >= 0.6 is 0 Å². The summed E-state index contributed by atoms with van der Waals surface area (Å²) in [4.78, 5) is 53.4. The minimum atomic E-state index is -0.416. The molecule has 10 nitrogen and oxygen atoms in total. The molecule has 0 spiro atoms. The monoisotopic (exact) mass is 678 g/mol. The second kappa shape index (κ2) is 17.1. The van der Waals surface area contributed by atoms with E-state index in [-0.39, 0.29) is 36.6 Å². The Morgan fingerprint density at radius 1 is 0.920 bits per heavy atom. The molecule has 1 saturated heterocycles. The predicted molar refractivity (Wildman–Crippen MR) is 200 cm³/mol. The van der Waals surface area contributed by atoms with Gasteiger partial charge in [-0.2, -0.15) is 0 Å². The standard InChI is InChI=1S/C40H50N6O4/c1-4-6-19-43(20-7-5-2)40(50)36(41)23-29(3)42-37-18-17-33(45-22-21-44(27-38(45)48)32-15-9-8-10-16-32)25-35(37)39(49)46-26-31-14-12-11-13-30(31)24-34(46)28-47/h8-18,23,25,34,47H,4-7,19-22,24,26-28,41H2,1-3H3/b36-23-,42-29?. The third kappa shape index (κ3) is 8.60. The van der Waals surface area contributed by atoms with Crippen LogP contribution in [-0.4, -0.2) is 83.7 Å². The van der Waals surface area contributed by atoms with Gasteiger partial charge in [-0.3, -0.25) is 19.4 Å². The lowest BCUT2D eigenvalue weighted by Crippen LogP contribution is -2.50. The molecular weight excluding hydrogens is 628 g/mol. The van der Waals surface area contributed by atoms with Crippen molar-refractivity contribution in [3.05, 3.63) is 101 Å². The number of unbranched alkanes of at least 4 members (excludes halogenated alkanes) is 2. The quantitative estimate of drug-likeness (QED) is 0.183. The number of hydrogen-bond donors (Lipinski definition) is 2. The molecule has 2 heterocycles. The third-order valence-electron chi connectivity index (χ3n) is 9.45. The number of carbonyl (C=O) groups is 3. The number of allylic oxidation sites excluding steroid dienone is 1. The minimum absolute atomic E-state index is 0.0732. The van der Waals surface area contributed by atoms with Gasteiger partial charge in [-0.05, 0) is 73.7 Å². The third-order valence-corrected chi connectivity index (χ3v) is 9.45. The summed E-state index contributed by atoms with van der Waals surface area (Å²) in [5, 5.41) is 10.4. The number of benzene rings is 3. The molecule has 0 saturated carbocycles. The maximum atomic E-state index is 14.5. The number of carbonyl (C=O) groups excluding carboxylic acids is 3. The van der Waals surface area contributed by atoms with Crippen LogP contribution in [0.5, 0.6) is 0 Å². The van der Waals surface area contributed by atoms with Crippen LogP contribution in [0.4, 0.5) is 17.1 Å². The van der Waals surface area contributed by atoms with Crippen molar-refractivity contribution in [2.75, 3.05) is 49.1 Å². The number of amides is 3. The van der Waals surface area contributed by atoms with E-state index in [4.69, 9.17) is 10.7 Å². The molecule has 0 aliphatic carbocycles. The van der Waals surface area contributed by atoms with Gasteiger partial charge in [-0.1, -0.05) is 69.2 Å². The zero-order valence-corrected chi connectivity index (χ0v) is 29.6. The van der Waals surface area contributed by atoms with Crippen molar-refractivity contribution >= 4 is 40.5 Å². The Bertz CT molecular complexity index is 1710. The lowest BCUT2D eigenvalue weighted by Gasteiger charge is -2.37. The number of aliphatic imine (C=N–C) groups is 1. The molecule has 2 aliphatic heterocycles. The number of anilines is 2. The van der Waals surface area contributed by atoms with Gasteiger partial charge in [0.15, 0.2) is 0 Å². The van der Waals surface area contributed by atoms with Gasteiger partial charge in [0.2, 0.25) is 5.91 Å². The average molecular weight is 679 g/mol. The zero-order chi connectivity index (χ0) is 35.6. The Hall–Kier alpha value is -4.96. The van der Waals surface area contributed by atoms with E-state index in [1.807, 2.05) is 65.6 Å². The van der Waals surface area contributed by atoms with E-state index in [1.165, 1.54) is 0 Å². The largest absolute Gasteiger partial charge is 0.394 e. The van der Waals surface area contributed by atoms with E-state index in [2.05, 4.69) is 13.8 Å². The van der Waals surface area contributed by atoms with E-state index in [1.54, 1.807) is 39.8 Å². The molecule has 3 aromatic carbocycles. The molecule has 0 radical (unpaired) electrons. The molecule has 0 aromatic heterocycles. The molecule has 5 rings (SSSR count). The minimum Gasteiger partial charge on any atom is -0.394 e. The molecular formula is C40H50N6O4. The van der Waals surface area contributed by atoms with E-state index in [9.17, 15) is 19.5 Å². The number of rotatable bonds is 13. The van der Waals surface area contributed by atoms with Crippen molar-refractivity contribution in [1.29, 1.82) is 0 Å². The predicted octanol–water partition coefficient (Wildman–Crippen LogP) is 5.46. The first-order chi connectivity index (χ1) is 24.2. The number of aliphatic hydroxyl groups excluding tert-OH is 1. The highest BCUT2D eigenvalue weighted by molar-refractivity contribution is 6.06. The Kier molecular flexibility index (Phi) is 12.4. The maximum Gasteiger partial charge on any atom is 0.269 e. The topological polar surface area (TPSA) is 123 Å². The summed E-state index contributed by atoms with van der Waals surface area (Å²) in [5.74, 6) is -0.587. The molecule has 264 valence electrons. The van der Waals surface area contributed by atoms with Gasteiger partial charge < -0.3 is 30.4 Å². The summed E-state index contributed by atoms with van der Waals surface area (Å²) in [7, 11) is 0. The first-order valence-corrected chi connectivity index (χ1v) is 17.8. The summed E-state index contributed by atoms with van der Waals surface area (Å²) >= 11 is 0. The van der Waals surface area contributed by atoms with E-state index in [0.29, 0.717) is 61.8 Å². The van der Waals surface area contributed by atoms with Gasteiger partial charge in [0, 0.05) is 49.8 Å². The van der Waals surface area contributed by atoms with Crippen LogP contribution in [0.25, 0.3) is 0 Å². The molecule has 50 heavy (non-hydrogen) atoms. The molecule has 1 unspecified atom stereocenters. The molecule has 3 amide bonds. The lowest BCUT2D eigenvalue weighted by atomic mass is 9.93. The molecule has 3 aromatic rings. The van der Waals surface area contributed by atoms with Gasteiger partial charge in [0.05, 0.1) is 36.1 Å². The van der Waals surface area contributed by atoms with E-state index < -0.39 is 6.04 Å². The fourth-order valence-corrected chi connectivity index (χ4v) is 6.61. The number of nitrogens with two attached hydrogens (primary N) is 1. The number of para-hydroxylation sites is 1. The molecule has 0 bridgehead atoms. The number of nitrogens with zero attached hydrogens (tertiary/aromatic N) is 5. The fourth-order valence-electron chi connectivity index (χ4n) is 6.61. The Balaban J connectivity index is 1.47. The highest BCUT2D eigenvalue weighted by Gasteiger charge is 2.32. The second-order valence-electron chi connectivity index (χ2n) is 13.1. The van der Waals surface area contributed by atoms with Crippen molar-refractivity contribution in [3.63, 3.8) is 0 Å². The SMILES string of the molecule is CCCCN(CCCC)C(=O)/C(N)=C/C(C)=Nc1ccc(N2CCN(c3ccccc3)CC2=O)cc1C(=O)N1Cc2ccccc2CC1CO. The number of hydrogen-bond acceptors (Lipinski definition) is 7. The number of fused-ring (bicyclic) bond motifs is 1. The van der Waals surface area contributed by atoms with Gasteiger partial charge in [0.1, 0.15) is 0 Å². The van der Waals surface area contributed by atoms with Crippen LogP contribution in [0.1, 0.15) is 67.9 Å². The van der Waals surface area contributed by atoms with Crippen LogP contribution in [0.2, 0.25) is 0 Å². The van der Waals surface area contributed by atoms with Crippen LogP contribution in [0.3, 0.4) is 0 Å². The summed E-state index contributed by atoms with van der Waals surface area (Å²) in [6.45, 7) is 8.68. The highest BCUT2D eigenvalue weighted by atomic mass is 16.3. The summed E-state index contributed by atoms with van der Waals surface area (Å²) in [6, 6.07) is 22.7. The van der Waals surface area contributed by atoms with Gasteiger partial charge in [0.25, 0.3) is 11.8 Å². The number of piperazine rings is 1. The summed E-state index contributed by atoms with van der Waals surface area (Å²) < 4.78 is 0. The molecule has 10 heteroatoms. The average Bonchev–Trinajstić information content (AvgIpc) is 3.14. The first-order valence-electron chi connectivity index (χ1n) is 17.8. The van der Waals surface area contributed by atoms with Crippen molar-refractivity contribution in [1.82, 2.24) is 9.80 Å². The smallest absolute Gasteiger partial charge is 0.269 e. The molecule has 2 aliphatic rings. The zero-order valence-electron chi connectivity index (χ0n) is 29.6. The highest BCUT2D eigenvalue weighted by Crippen LogP contribution is 2.32. The number of aliphatic hydroxyl groups is 1. The van der Waals surface area contributed by atoms with Gasteiger partial charge >= 0.3 is 0 Å². The van der Waals surface area contributed by atoms with Crippen LogP contribution in [0.15, 0.2) is 89.6 Å². The molecule has 3 N–H and O–H groups in total. The molecule has 1 fully saturated rings.